The van der Waals surface area contributed by atoms with Crippen molar-refractivity contribution in [3.63, 3.8) is 0 Å². The monoisotopic (exact) mass is 393 g/mol. The summed E-state index contributed by atoms with van der Waals surface area (Å²) in [7, 11) is 1.34. The molecule has 2 aromatic carbocycles. The van der Waals surface area contributed by atoms with Gasteiger partial charge in [-0.1, -0.05) is 29.8 Å². The van der Waals surface area contributed by atoms with E-state index in [2.05, 4.69) is 5.32 Å². The lowest BCUT2D eigenvalue weighted by Gasteiger charge is -2.11. The van der Waals surface area contributed by atoms with Crippen LogP contribution in [0.15, 0.2) is 65.6 Å². The Bertz CT molecular complexity index is 1140. The van der Waals surface area contributed by atoms with Crippen LogP contribution in [0.2, 0.25) is 0 Å². The van der Waals surface area contributed by atoms with Crippen molar-refractivity contribution in [3.05, 3.63) is 98.0 Å². The number of pyridine rings is 1. The summed E-state index contributed by atoms with van der Waals surface area (Å²) in [6.45, 7) is 2.30. The number of aromatic nitrogens is 1. The van der Waals surface area contributed by atoms with Crippen LogP contribution in [-0.4, -0.2) is 22.5 Å². The number of rotatable bonds is 6. The molecular formula is C21H19N3O5. The number of hydrogen-bond acceptors (Lipinski definition) is 5. The number of nitro benzene ring substituents is 1. The summed E-state index contributed by atoms with van der Waals surface area (Å²) in [5.74, 6) is -0.496. The fourth-order valence-corrected chi connectivity index (χ4v) is 2.93. The number of amides is 1. The van der Waals surface area contributed by atoms with Crippen LogP contribution < -0.4 is 15.6 Å². The Hall–Kier alpha value is -3.94. The first kappa shape index (κ1) is 19.8. The van der Waals surface area contributed by atoms with Gasteiger partial charge in [0, 0.05) is 12.3 Å². The summed E-state index contributed by atoms with van der Waals surface area (Å²) < 4.78 is 6.57. The lowest BCUT2D eigenvalue weighted by molar-refractivity contribution is -0.384. The number of non-ortho nitro benzene ring substituents is 1. The Labute approximate surface area is 166 Å². The minimum atomic E-state index is -0.624. The van der Waals surface area contributed by atoms with E-state index >= 15 is 0 Å². The molecule has 8 heteroatoms. The molecule has 148 valence electrons. The van der Waals surface area contributed by atoms with Gasteiger partial charge in [-0.15, -0.1) is 0 Å². The number of methoxy groups -OCH3 is 1. The van der Waals surface area contributed by atoms with Crippen LogP contribution in [0.1, 0.15) is 21.5 Å². The normalized spacial score (nSPS) is 10.4. The molecule has 1 amide bonds. The zero-order chi connectivity index (χ0) is 21.0. The third-order valence-corrected chi connectivity index (χ3v) is 4.34. The van der Waals surface area contributed by atoms with E-state index in [0.29, 0.717) is 6.54 Å². The van der Waals surface area contributed by atoms with Crippen LogP contribution in [0, 0.1) is 17.0 Å². The number of aryl methyl sites for hydroxylation is 1. The second-order valence-electron chi connectivity index (χ2n) is 6.44. The Balaban J connectivity index is 1.87. The number of nitro groups is 1. The molecule has 3 aromatic rings. The molecule has 29 heavy (non-hydrogen) atoms. The van der Waals surface area contributed by atoms with Crippen LogP contribution in [0.4, 0.5) is 11.4 Å². The van der Waals surface area contributed by atoms with E-state index in [0.717, 1.165) is 11.1 Å². The summed E-state index contributed by atoms with van der Waals surface area (Å²) in [6.07, 6.45) is 1.62. The fourth-order valence-electron chi connectivity index (χ4n) is 2.93. The molecule has 0 aliphatic carbocycles. The maximum atomic E-state index is 12.8. The van der Waals surface area contributed by atoms with E-state index in [-0.39, 0.29) is 22.7 Å². The third-order valence-electron chi connectivity index (χ3n) is 4.34. The van der Waals surface area contributed by atoms with E-state index in [4.69, 9.17) is 4.74 Å². The molecule has 0 aliphatic rings. The van der Waals surface area contributed by atoms with E-state index in [1.165, 1.54) is 35.9 Å². The molecule has 0 saturated carbocycles. The summed E-state index contributed by atoms with van der Waals surface area (Å²) in [6, 6.07) is 14.6. The van der Waals surface area contributed by atoms with Gasteiger partial charge in [-0.25, -0.2) is 0 Å². The number of carbonyl (C=O) groups excluding carboxylic acids is 1. The minimum absolute atomic E-state index is 0.0411. The number of nitrogens with one attached hydrogen (secondary N) is 1. The quantitative estimate of drug-likeness (QED) is 0.511. The Morgan fingerprint density at radius 2 is 1.97 bits per heavy atom. The molecule has 0 fully saturated rings. The summed E-state index contributed by atoms with van der Waals surface area (Å²) in [5.41, 5.74) is 1.61. The predicted molar refractivity (Wildman–Crippen MR) is 109 cm³/mol. The number of anilines is 1. The van der Waals surface area contributed by atoms with Crippen molar-refractivity contribution in [2.75, 3.05) is 12.4 Å². The van der Waals surface area contributed by atoms with E-state index in [1.54, 1.807) is 12.3 Å². The van der Waals surface area contributed by atoms with Gasteiger partial charge in [-0.3, -0.25) is 19.7 Å². The van der Waals surface area contributed by atoms with Crippen LogP contribution in [0.5, 0.6) is 5.75 Å². The average molecular weight is 393 g/mol. The van der Waals surface area contributed by atoms with Gasteiger partial charge in [-0.05, 0) is 30.7 Å². The molecule has 0 saturated heterocycles. The molecule has 1 heterocycles. The van der Waals surface area contributed by atoms with E-state index in [9.17, 15) is 19.7 Å². The van der Waals surface area contributed by atoms with Crippen molar-refractivity contribution in [1.29, 1.82) is 0 Å². The van der Waals surface area contributed by atoms with Gasteiger partial charge in [-0.2, -0.15) is 0 Å². The van der Waals surface area contributed by atoms with Gasteiger partial charge in [0.05, 0.1) is 30.3 Å². The van der Waals surface area contributed by atoms with Crippen molar-refractivity contribution in [1.82, 2.24) is 4.57 Å². The van der Waals surface area contributed by atoms with Crippen LogP contribution in [0.25, 0.3) is 0 Å². The predicted octanol–water partition coefficient (Wildman–Crippen LogP) is 3.37. The third kappa shape index (κ3) is 4.49. The Kier molecular flexibility index (Phi) is 5.73. The zero-order valence-corrected chi connectivity index (χ0v) is 15.9. The van der Waals surface area contributed by atoms with Crippen LogP contribution in [0.3, 0.4) is 0 Å². The Morgan fingerprint density at radius 3 is 2.66 bits per heavy atom. The molecule has 0 spiro atoms. The van der Waals surface area contributed by atoms with Crippen LogP contribution in [-0.2, 0) is 6.54 Å². The van der Waals surface area contributed by atoms with Crippen molar-refractivity contribution >= 4 is 17.3 Å². The van der Waals surface area contributed by atoms with Crippen molar-refractivity contribution in [2.45, 2.75) is 13.5 Å². The van der Waals surface area contributed by atoms with Crippen molar-refractivity contribution in [3.8, 4) is 5.75 Å². The SMILES string of the molecule is COc1cc([N+](=O)[O-])ccc1NC(=O)c1cccn(Cc2cccc(C)c2)c1=O. The lowest BCUT2D eigenvalue weighted by Crippen LogP contribution is -2.29. The van der Waals surface area contributed by atoms with Crippen molar-refractivity contribution < 1.29 is 14.5 Å². The highest BCUT2D eigenvalue weighted by molar-refractivity contribution is 6.04. The molecule has 1 N–H and O–H groups in total. The fraction of sp³-hybridized carbons (Fsp3) is 0.143. The molecule has 0 aliphatic heterocycles. The van der Waals surface area contributed by atoms with Crippen molar-refractivity contribution in [2.24, 2.45) is 0 Å². The molecule has 8 nitrogen and oxygen atoms in total. The molecule has 3 rings (SSSR count). The zero-order valence-electron chi connectivity index (χ0n) is 15.9. The van der Waals surface area contributed by atoms with Gasteiger partial charge < -0.3 is 14.6 Å². The highest BCUT2D eigenvalue weighted by Crippen LogP contribution is 2.29. The van der Waals surface area contributed by atoms with Gasteiger partial charge in [0.2, 0.25) is 0 Å². The van der Waals surface area contributed by atoms with E-state index < -0.39 is 16.4 Å². The minimum Gasteiger partial charge on any atom is -0.494 e. The highest BCUT2D eigenvalue weighted by atomic mass is 16.6. The maximum absolute atomic E-state index is 12.8. The standard InChI is InChI=1S/C21H19N3O5/c1-14-5-3-6-15(11-14)13-23-10-4-7-17(21(23)26)20(25)22-18-9-8-16(24(27)28)12-19(18)29-2/h3-12H,13H2,1-2H3,(H,22,25). The second-order valence-corrected chi connectivity index (χ2v) is 6.44. The van der Waals surface area contributed by atoms with Gasteiger partial charge in [0.1, 0.15) is 11.3 Å². The summed E-state index contributed by atoms with van der Waals surface area (Å²) >= 11 is 0. The number of nitrogens with zero attached hydrogens (tertiary/aromatic N) is 2. The number of ether oxygens (including phenoxy) is 1. The first-order chi connectivity index (χ1) is 13.9. The molecule has 1 aromatic heterocycles. The molecule has 0 atom stereocenters. The topological polar surface area (TPSA) is 103 Å². The van der Waals surface area contributed by atoms with E-state index in [1.807, 2.05) is 31.2 Å². The Morgan fingerprint density at radius 1 is 1.17 bits per heavy atom. The molecule has 0 bridgehead atoms. The summed E-state index contributed by atoms with van der Waals surface area (Å²) in [4.78, 5) is 35.8. The number of hydrogen-bond donors (Lipinski definition) is 1. The van der Waals surface area contributed by atoms with Crippen LogP contribution >= 0.6 is 0 Å². The highest BCUT2D eigenvalue weighted by Gasteiger charge is 2.17. The molecular weight excluding hydrogens is 374 g/mol. The largest absolute Gasteiger partial charge is 0.494 e. The lowest BCUT2D eigenvalue weighted by atomic mass is 10.1. The number of benzene rings is 2. The van der Waals surface area contributed by atoms with Gasteiger partial charge in [0.15, 0.2) is 0 Å². The smallest absolute Gasteiger partial charge is 0.273 e. The van der Waals surface area contributed by atoms with Gasteiger partial charge in [0.25, 0.3) is 17.2 Å². The maximum Gasteiger partial charge on any atom is 0.273 e. The second kappa shape index (κ2) is 8.39. The van der Waals surface area contributed by atoms with Gasteiger partial charge >= 0.3 is 0 Å². The molecule has 0 radical (unpaired) electrons. The molecule has 0 unspecified atom stereocenters. The first-order valence-electron chi connectivity index (χ1n) is 8.78. The first-order valence-corrected chi connectivity index (χ1v) is 8.78. The number of carbonyl (C=O) groups is 1. The average Bonchev–Trinajstić information content (AvgIpc) is 2.69. The summed E-state index contributed by atoms with van der Waals surface area (Å²) in [5, 5.41) is 13.5.